The summed E-state index contributed by atoms with van der Waals surface area (Å²) in [6.45, 7) is 10.9. The molecule has 4 nitrogen and oxygen atoms in total. The molecule has 0 amide bonds. The molecule has 5 saturated carbocycles. The second kappa shape index (κ2) is 7.40. The summed E-state index contributed by atoms with van der Waals surface area (Å²) in [6.07, 6.45) is 11.9. The monoisotopic (exact) mass is 492 g/mol. The van der Waals surface area contributed by atoms with Gasteiger partial charge in [0.15, 0.2) is 0 Å². The van der Waals surface area contributed by atoms with Crippen molar-refractivity contribution < 1.29 is 20.1 Å². The summed E-state index contributed by atoms with van der Waals surface area (Å²) in [7, 11) is 0. The fourth-order valence-corrected chi connectivity index (χ4v) is 12.5. The van der Waals surface area contributed by atoms with Gasteiger partial charge in [-0.3, -0.25) is 0 Å². The summed E-state index contributed by atoms with van der Waals surface area (Å²) >= 11 is 1.70. The largest absolute Gasteiger partial charge is 0.393 e. The van der Waals surface area contributed by atoms with Gasteiger partial charge < -0.3 is 20.1 Å². The van der Waals surface area contributed by atoms with Crippen LogP contribution in [-0.2, 0) is 4.74 Å². The maximum atomic E-state index is 11.9. The van der Waals surface area contributed by atoms with Gasteiger partial charge in [0.25, 0.3) is 0 Å². The fraction of sp³-hybridized carbons (Fsp3) is 1.00. The van der Waals surface area contributed by atoms with E-state index in [4.69, 9.17) is 4.74 Å². The van der Waals surface area contributed by atoms with Crippen molar-refractivity contribution in [2.24, 2.45) is 45.3 Å². The molecule has 1 aliphatic heterocycles. The van der Waals surface area contributed by atoms with Crippen molar-refractivity contribution in [2.45, 2.75) is 128 Å². The van der Waals surface area contributed by atoms with Gasteiger partial charge in [-0.2, -0.15) is 11.8 Å². The average molecular weight is 493 g/mol. The summed E-state index contributed by atoms with van der Waals surface area (Å²) in [6, 6.07) is 0. The molecule has 0 bridgehead atoms. The number of rotatable bonds is 3. The Morgan fingerprint density at radius 3 is 2.29 bits per heavy atom. The lowest BCUT2D eigenvalue weighted by atomic mass is 9.46. The molecule has 5 aliphatic carbocycles. The van der Waals surface area contributed by atoms with Gasteiger partial charge in [0.2, 0.25) is 0 Å². The topological polar surface area (TPSA) is 69.9 Å². The zero-order valence-corrected chi connectivity index (χ0v) is 23.0. The van der Waals surface area contributed by atoms with Crippen LogP contribution < -0.4 is 0 Å². The van der Waals surface area contributed by atoms with Crippen LogP contribution in [0.5, 0.6) is 0 Å². The number of ether oxygens (including phenoxy) is 1. The molecule has 2 spiro atoms. The predicted molar refractivity (Wildman–Crippen MR) is 137 cm³/mol. The van der Waals surface area contributed by atoms with E-state index < -0.39 is 5.60 Å². The second-order valence-electron chi connectivity index (χ2n) is 14.8. The van der Waals surface area contributed by atoms with E-state index in [0.29, 0.717) is 34.5 Å². The van der Waals surface area contributed by atoms with Gasteiger partial charge in [-0.25, -0.2) is 0 Å². The van der Waals surface area contributed by atoms with Crippen LogP contribution in [-0.4, -0.2) is 56.8 Å². The number of thioether (sulfide) groups is 1. The Morgan fingerprint density at radius 2 is 1.62 bits per heavy atom. The summed E-state index contributed by atoms with van der Waals surface area (Å²) in [5, 5.41) is 33.6. The highest BCUT2D eigenvalue weighted by molar-refractivity contribution is 7.99. The molecule has 0 aromatic heterocycles. The first-order valence-electron chi connectivity index (χ1n) is 14.1. The van der Waals surface area contributed by atoms with Gasteiger partial charge in [-0.1, -0.05) is 20.8 Å². The van der Waals surface area contributed by atoms with Crippen molar-refractivity contribution in [1.29, 1.82) is 0 Å². The number of hydrogen-bond acceptors (Lipinski definition) is 5. The Hall–Kier alpha value is 0.190. The molecule has 7 unspecified atom stereocenters. The molecule has 1 heterocycles. The van der Waals surface area contributed by atoms with E-state index in [2.05, 4.69) is 27.0 Å². The molecule has 0 aromatic carbocycles. The Balaban J connectivity index is 1.29. The molecule has 0 aromatic rings. The van der Waals surface area contributed by atoms with Crippen LogP contribution in [0.25, 0.3) is 0 Å². The average Bonchev–Trinajstić information content (AvgIpc) is 3.37. The van der Waals surface area contributed by atoms with Crippen LogP contribution in [0.1, 0.15) is 92.4 Å². The zero-order chi connectivity index (χ0) is 24.5. The Morgan fingerprint density at radius 1 is 0.912 bits per heavy atom. The molecular weight excluding hydrogens is 444 g/mol. The summed E-state index contributed by atoms with van der Waals surface area (Å²) in [5.74, 6) is 1.99. The Kier molecular flexibility index (Phi) is 5.33. The summed E-state index contributed by atoms with van der Waals surface area (Å²) in [4.78, 5) is 0. The minimum atomic E-state index is -0.793. The smallest absolute Gasteiger partial charge is 0.0874 e. The lowest BCUT2D eigenvalue weighted by molar-refractivity contribution is -0.143. The van der Waals surface area contributed by atoms with Crippen molar-refractivity contribution in [2.75, 3.05) is 6.26 Å². The lowest BCUT2D eigenvalue weighted by Crippen LogP contribution is -2.55. The van der Waals surface area contributed by atoms with E-state index in [-0.39, 0.29) is 40.5 Å². The highest BCUT2D eigenvalue weighted by Crippen LogP contribution is 2.87. The minimum absolute atomic E-state index is 0.00671. The van der Waals surface area contributed by atoms with Crippen LogP contribution in [0.15, 0.2) is 0 Å². The highest BCUT2D eigenvalue weighted by atomic mass is 32.2. The molecule has 1 saturated heterocycles. The van der Waals surface area contributed by atoms with Gasteiger partial charge in [-0.05, 0) is 123 Å². The van der Waals surface area contributed by atoms with E-state index >= 15 is 0 Å². The minimum Gasteiger partial charge on any atom is -0.393 e. The normalized spacial score (nSPS) is 56.4. The fourth-order valence-electron chi connectivity index (χ4n) is 11.4. The van der Waals surface area contributed by atoms with Crippen LogP contribution in [0, 0.1) is 45.3 Å². The first kappa shape index (κ1) is 24.5. The van der Waals surface area contributed by atoms with Crippen molar-refractivity contribution in [3.8, 4) is 0 Å². The Bertz CT molecular complexity index is 838. The van der Waals surface area contributed by atoms with Gasteiger partial charge in [-0.15, -0.1) is 0 Å². The quantitative estimate of drug-likeness (QED) is 0.516. The van der Waals surface area contributed by atoms with Crippen LogP contribution >= 0.6 is 11.8 Å². The molecule has 194 valence electrons. The standard InChI is InChI=1S/C29H48O4S/c1-25(2)19-10-8-16-21-22(31)23-17(7-9-18(33-23)24(34-6)26(3,4)32)27(21,5)13-14-28(16)15-29(19,28)12-11-20(25)30/h16-24,30-32H,7-15H2,1-6H3/t16?,17?,18?,19?,20-,21?,22?,23?,24-,27+,28-,29+/m0/s1. The molecule has 34 heavy (non-hydrogen) atoms. The van der Waals surface area contributed by atoms with E-state index in [9.17, 15) is 15.3 Å². The molecule has 0 radical (unpaired) electrons. The first-order chi connectivity index (χ1) is 15.8. The predicted octanol–water partition coefficient (Wildman–Crippen LogP) is 5.03. The molecule has 6 fully saturated rings. The maximum absolute atomic E-state index is 11.9. The molecule has 3 N–H and O–H groups in total. The number of aliphatic hydroxyl groups excluding tert-OH is 2. The lowest BCUT2D eigenvalue weighted by Gasteiger charge is -2.59. The van der Waals surface area contributed by atoms with Gasteiger partial charge in [0.05, 0.1) is 35.3 Å². The molecule has 6 aliphatic rings. The molecule has 12 atom stereocenters. The van der Waals surface area contributed by atoms with E-state index in [1.807, 2.05) is 13.8 Å². The molecule has 6 rings (SSSR count). The van der Waals surface area contributed by atoms with Crippen LogP contribution in [0.2, 0.25) is 0 Å². The first-order valence-corrected chi connectivity index (χ1v) is 15.4. The SMILES string of the molecule is CS[C@@H](C1CCC2C(O1)C(O)C1C3CCC4C(C)(C)[C@@H](O)CC[C@@]45C[C@@]35CC[C@]21C)C(C)(C)O. The van der Waals surface area contributed by atoms with Crippen molar-refractivity contribution >= 4 is 11.8 Å². The molecular formula is C29H48O4S. The number of hydrogen-bond donors (Lipinski definition) is 3. The van der Waals surface area contributed by atoms with Gasteiger partial charge in [0, 0.05) is 0 Å². The zero-order valence-electron chi connectivity index (χ0n) is 22.2. The number of aliphatic hydroxyl groups is 3. The van der Waals surface area contributed by atoms with Gasteiger partial charge in [0.1, 0.15) is 0 Å². The van der Waals surface area contributed by atoms with Crippen molar-refractivity contribution in [3.05, 3.63) is 0 Å². The number of fused-ring (bicyclic) bond motifs is 4. The van der Waals surface area contributed by atoms with Gasteiger partial charge >= 0.3 is 0 Å². The Labute approximate surface area is 211 Å². The summed E-state index contributed by atoms with van der Waals surface area (Å²) in [5.41, 5.74) is 0.172. The van der Waals surface area contributed by atoms with Crippen LogP contribution in [0.4, 0.5) is 0 Å². The third kappa shape index (κ3) is 2.88. The van der Waals surface area contributed by atoms with E-state index in [1.165, 1.54) is 38.5 Å². The van der Waals surface area contributed by atoms with Crippen molar-refractivity contribution in [3.63, 3.8) is 0 Å². The van der Waals surface area contributed by atoms with E-state index in [0.717, 1.165) is 19.3 Å². The second-order valence-corrected chi connectivity index (χ2v) is 15.7. The van der Waals surface area contributed by atoms with Crippen LogP contribution in [0.3, 0.4) is 0 Å². The van der Waals surface area contributed by atoms with E-state index in [1.54, 1.807) is 11.8 Å². The third-order valence-electron chi connectivity index (χ3n) is 12.9. The highest BCUT2D eigenvalue weighted by Gasteiger charge is 2.81. The third-order valence-corrected chi connectivity index (χ3v) is 14.3. The maximum Gasteiger partial charge on any atom is 0.0874 e. The molecule has 5 heteroatoms. The van der Waals surface area contributed by atoms with Crippen molar-refractivity contribution in [1.82, 2.24) is 0 Å². The summed E-state index contributed by atoms with van der Waals surface area (Å²) < 4.78 is 6.77.